The minimum Gasteiger partial charge on any atom is -0.428 e. The van der Waals surface area contributed by atoms with Gasteiger partial charge in [-0.25, -0.2) is 19.2 Å². The molecule has 3 heterocycles. The SMILES string of the molecule is CCNc1nc(N(C(=O)OCOC(=O)CC(C)(C)c2c(C)cc(C)cc2OP(=O)(O)O)c2cc(C#N)cc(N3CCN(CC(N)=O)CC3)c2Cl)nn2c(C#N)cnc12. The van der Waals surface area contributed by atoms with E-state index in [-0.39, 0.29) is 58.1 Å². The number of aromatic nitrogens is 4. The van der Waals surface area contributed by atoms with E-state index in [2.05, 4.69) is 26.5 Å². The van der Waals surface area contributed by atoms with Gasteiger partial charge >= 0.3 is 19.9 Å². The largest absolute Gasteiger partial charge is 0.524 e. The molecule has 2 amide bonds. The summed E-state index contributed by atoms with van der Waals surface area (Å²) in [6.07, 6.45) is -0.240. The van der Waals surface area contributed by atoms with Gasteiger partial charge in [0.25, 0.3) is 5.95 Å². The van der Waals surface area contributed by atoms with Crippen molar-refractivity contribution in [3.05, 3.63) is 63.4 Å². The zero-order chi connectivity index (χ0) is 42.5. The lowest BCUT2D eigenvalue weighted by molar-refractivity contribution is -0.153. The zero-order valence-corrected chi connectivity index (χ0v) is 33.9. The van der Waals surface area contributed by atoms with Gasteiger partial charge in [-0.3, -0.25) is 24.3 Å². The van der Waals surface area contributed by atoms with Crippen LogP contribution in [0.2, 0.25) is 5.02 Å². The van der Waals surface area contributed by atoms with Crippen molar-refractivity contribution in [2.75, 3.05) is 61.2 Å². The number of nitrogens with two attached hydrogens (primary N) is 1. The van der Waals surface area contributed by atoms with Gasteiger partial charge in [0.2, 0.25) is 12.7 Å². The number of nitriles is 2. The molecule has 2 aromatic heterocycles. The fourth-order valence-electron chi connectivity index (χ4n) is 6.74. The highest BCUT2D eigenvalue weighted by atomic mass is 35.5. The second-order valence-corrected chi connectivity index (χ2v) is 15.5. The van der Waals surface area contributed by atoms with Crippen molar-refractivity contribution >= 4 is 66.2 Å². The van der Waals surface area contributed by atoms with E-state index in [0.29, 0.717) is 55.1 Å². The molecule has 4 aromatic rings. The third-order valence-corrected chi connectivity index (χ3v) is 9.84. The van der Waals surface area contributed by atoms with Gasteiger partial charge in [-0.1, -0.05) is 31.5 Å². The lowest BCUT2D eigenvalue weighted by Gasteiger charge is -2.36. The van der Waals surface area contributed by atoms with Crippen LogP contribution in [0.1, 0.15) is 55.1 Å². The van der Waals surface area contributed by atoms with Gasteiger partial charge in [0.05, 0.1) is 47.2 Å². The van der Waals surface area contributed by atoms with Crippen LogP contribution >= 0.6 is 19.4 Å². The molecule has 0 unspecified atom stereocenters. The molecule has 306 valence electrons. The average Bonchev–Trinajstić information content (AvgIpc) is 3.55. The van der Waals surface area contributed by atoms with E-state index in [1.807, 2.05) is 15.9 Å². The Hall–Kier alpha value is -6.02. The normalized spacial score (nSPS) is 13.4. The number of benzene rings is 2. The molecule has 0 saturated carbocycles. The number of amides is 2. The van der Waals surface area contributed by atoms with Crippen molar-refractivity contribution in [2.24, 2.45) is 5.73 Å². The van der Waals surface area contributed by atoms with Gasteiger partial charge in [0, 0.05) is 43.7 Å². The number of fused-ring (bicyclic) bond motifs is 1. The number of carbonyl (C=O) groups is 3. The van der Waals surface area contributed by atoms with Crippen LogP contribution in [0.15, 0.2) is 30.5 Å². The highest BCUT2D eigenvalue weighted by Gasteiger charge is 2.34. The first-order chi connectivity index (χ1) is 27.3. The van der Waals surface area contributed by atoms with Crippen LogP contribution in [0.5, 0.6) is 5.75 Å². The third-order valence-electron chi connectivity index (χ3n) is 9.02. The van der Waals surface area contributed by atoms with Crippen LogP contribution < -0.4 is 25.4 Å². The molecule has 1 aliphatic rings. The number of halogens is 1. The Morgan fingerprint density at radius 2 is 1.79 bits per heavy atom. The third kappa shape index (κ3) is 9.91. The molecule has 0 radical (unpaired) electrons. The first-order valence-corrected chi connectivity index (χ1v) is 19.6. The van der Waals surface area contributed by atoms with Crippen LogP contribution in [0.4, 0.5) is 27.9 Å². The molecule has 22 heteroatoms. The van der Waals surface area contributed by atoms with Crippen LogP contribution in [-0.4, -0.2) is 98.3 Å². The molecule has 58 heavy (non-hydrogen) atoms. The number of phosphoric ester groups is 1. The number of hydrogen-bond donors (Lipinski definition) is 4. The number of nitrogens with one attached hydrogen (secondary N) is 1. The number of aryl methyl sites for hydroxylation is 2. The Balaban J connectivity index is 1.48. The Kier molecular flexibility index (Phi) is 13.1. The highest BCUT2D eigenvalue weighted by molar-refractivity contribution is 7.46. The maximum Gasteiger partial charge on any atom is 0.524 e. The summed E-state index contributed by atoms with van der Waals surface area (Å²) in [7, 11) is -4.96. The summed E-state index contributed by atoms with van der Waals surface area (Å²) < 4.78 is 28.7. The molecule has 5 rings (SSSR count). The van der Waals surface area contributed by atoms with Gasteiger partial charge in [-0.15, -0.1) is 5.10 Å². The summed E-state index contributed by atoms with van der Waals surface area (Å²) in [4.78, 5) is 71.4. The predicted octanol–water partition coefficient (Wildman–Crippen LogP) is 3.79. The second kappa shape index (κ2) is 17.6. The molecular formula is C36H41ClN11O9P. The molecular weight excluding hydrogens is 797 g/mol. The number of piperazine rings is 1. The first-order valence-electron chi connectivity index (χ1n) is 17.7. The van der Waals surface area contributed by atoms with Crippen molar-refractivity contribution in [1.29, 1.82) is 10.5 Å². The van der Waals surface area contributed by atoms with Crippen molar-refractivity contribution < 1.29 is 42.7 Å². The topological polar surface area (TPSA) is 275 Å². The van der Waals surface area contributed by atoms with Crippen LogP contribution in [0, 0.1) is 36.5 Å². The highest BCUT2D eigenvalue weighted by Crippen LogP contribution is 2.45. The average molecular weight is 838 g/mol. The molecule has 0 bridgehead atoms. The number of hydrogen-bond acceptors (Lipinski definition) is 15. The van der Waals surface area contributed by atoms with Crippen molar-refractivity contribution in [1.82, 2.24) is 24.5 Å². The van der Waals surface area contributed by atoms with Crippen LogP contribution in [0.3, 0.4) is 0 Å². The van der Waals surface area contributed by atoms with Gasteiger partial charge in [-0.2, -0.15) is 20.0 Å². The summed E-state index contributed by atoms with van der Waals surface area (Å²) >= 11 is 7.05. The predicted molar refractivity (Wildman–Crippen MR) is 209 cm³/mol. The van der Waals surface area contributed by atoms with E-state index in [4.69, 9.17) is 31.3 Å². The summed E-state index contributed by atoms with van der Waals surface area (Å²) in [6, 6.07) is 10.2. The van der Waals surface area contributed by atoms with Gasteiger partial charge in [0.1, 0.15) is 11.8 Å². The van der Waals surface area contributed by atoms with E-state index < -0.39 is 38.0 Å². The first kappa shape index (κ1) is 43.1. The number of imidazole rings is 1. The Bertz CT molecular complexity index is 2380. The molecule has 1 fully saturated rings. The maximum absolute atomic E-state index is 14.2. The van der Waals surface area contributed by atoms with E-state index >= 15 is 0 Å². The van der Waals surface area contributed by atoms with Gasteiger partial charge in [-0.05, 0) is 50.1 Å². The summed E-state index contributed by atoms with van der Waals surface area (Å²) in [5, 5.41) is 27.3. The van der Waals surface area contributed by atoms with E-state index in [1.165, 1.54) is 22.8 Å². The molecule has 0 aliphatic carbocycles. The number of primary amides is 1. The fraction of sp³-hybridized carbons (Fsp3) is 0.389. The molecule has 5 N–H and O–H groups in total. The number of carbonyl (C=O) groups excluding carboxylic acids is 3. The lowest BCUT2D eigenvalue weighted by atomic mass is 9.78. The minimum atomic E-state index is -4.96. The van der Waals surface area contributed by atoms with Crippen LogP contribution in [-0.2, 0) is 29.0 Å². The van der Waals surface area contributed by atoms with Gasteiger partial charge in [0.15, 0.2) is 17.2 Å². The number of phosphoric acid groups is 1. The number of esters is 1. The molecule has 0 spiro atoms. The monoisotopic (exact) mass is 837 g/mol. The van der Waals surface area contributed by atoms with Gasteiger partial charge < -0.3 is 29.9 Å². The summed E-state index contributed by atoms with van der Waals surface area (Å²) in [6.45, 7) is 9.75. The second-order valence-electron chi connectivity index (χ2n) is 13.9. The van der Waals surface area contributed by atoms with Crippen molar-refractivity contribution in [2.45, 2.75) is 46.5 Å². The quantitative estimate of drug-likeness (QED) is 0.0799. The van der Waals surface area contributed by atoms with Crippen molar-refractivity contribution in [3.8, 4) is 17.9 Å². The smallest absolute Gasteiger partial charge is 0.428 e. The number of rotatable bonds is 14. The Morgan fingerprint density at radius 3 is 2.41 bits per heavy atom. The fourth-order valence-corrected chi connectivity index (χ4v) is 7.45. The summed E-state index contributed by atoms with van der Waals surface area (Å²) in [5.74, 6) is -1.61. The van der Waals surface area contributed by atoms with E-state index in [0.717, 1.165) is 4.90 Å². The maximum atomic E-state index is 14.2. The Labute approximate surface area is 337 Å². The molecule has 1 saturated heterocycles. The summed E-state index contributed by atoms with van der Waals surface area (Å²) in [5.41, 5.74) is 6.52. The molecule has 0 atom stereocenters. The number of ether oxygens (including phenoxy) is 2. The molecule has 1 aliphatic heterocycles. The van der Waals surface area contributed by atoms with Crippen LogP contribution in [0.25, 0.3) is 5.65 Å². The zero-order valence-electron chi connectivity index (χ0n) is 32.2. The minimum absolute atomic E-state index is 0.000299. The van der Waals surface area contributed by atoms with E-state index in [9.17, 15) is 39.3 Å². The standard InChI is InChI=1S/C36H41ClN11O9P/c1-6-41-32-33-42-18-24(17-39)48(33)44-34(43-32)47(26-14-23(16-38)13-25(31(26)37)46-9-7-45(8-10-46)19-28(40)49)35(51)56-20-55-29(50)15-36(4,5)30-22(3)11-21(2)12-27(30)57-58(52,53)54/h11-14,18H,6-10,15,19-20H2,1-5H3,(H2,40,49)(H,41,43,44)(H2,52,53,54). The molecule has 20 nitrogen and oxygen atoms in total. The lowest BCUT2D eigenvalue weighted by Crippen LogP contribution is -2.49. The van der Waals surface area contributed by atoms with E-state index in [1.54, 1.807) is 46.8 Å². The molecule has 2 aromatic carbocycles. The number of nitrogens with zero attached hydrogens (tertiary/aromatic N) is 9. The van der Waals surface area contributed by atoms with Crippen molar-refractivity contribution in [3.63, 3.8) is 0 Å². The Morgan fingerprint density at radius 1 is 1.09 bits per heavy atom. The number of anilines is 4.